The van der Waals surface area contributed by atoms with Gasteiger partial charge in [-0.1, -0.05) is 0 Å². The quantitative estimate of drug-likeness (QED) is 0.740. The lowest BCUT2D eigenvalue weighted by molar-refractivity contribution is -0.189. The van der Waals surface area contributed by atoms with Crippen molar-refractivity contribution in [2.75, 3.05) is 14.1 Å². The summed E-state index contributed by atoms with van der Waals surface area (Å²) in [6, 6.07) is 0.715. The topological polar surface area (TPSA) is 71.5 Å². The van der Waals surface area contributed by atoms with E-state index in [4.69, 9.17) is 4.74 Å². The lowest BCUT2D eigenvalue weighted by Crippen LogP contribution is -2.50. The molecule has 29 heavy (non-hydrogen) atoms. The van der Waals surface area contributed by atoms with E-state index in [2.05, 4.69) is 10.3 Å². The molecule has 1 heterocycles. The lowest BCUT2D eigenvalue weighted by atomic mass is 9.84. The molecule has 162 valence electrons. The van der Waals surface area contributed by atoms with Crippen LogP contribution in [0.5, 0.6) is 5.75 Å². The molecule has 0 aliphatic heterocycles. The monoisotopic (exact) mass is 415 g/mol. The van der Waals surface area contributed by atoms with Crippen LogP contribution in [0.1, 0.15) is 62.5 Å². The van der Waals surface area contributed by atoms with E-state index in [0.717, 1.165) is 19.8 Å². The first-order valence-corrected chi connectivity index (χ1v) is 9.51. The van der Waals surface area contributed by atoms with Gasteiger partial charge in [0.1, 0.15) is 11.4 Å². The molecule has 1 N–H and O–H groups in total. The third-order valence-electron chi connectivity index (χ3n) is 5.30. The van der Waals surface area contributed by atoms with E-state index >= 15 is 0 Å². The second-order valence-electron chi connectivity index (χ2n) is 8.30. The standard InChI is InChI=1S/C20H28F3N3O3/c1-11(19(3,4)18(28)26(5)6)25-17(27)15-9-16(29-12(2)20(21,22)23)14(10-24-15)13-7-8-13/h9-13H,7-8H2,1-6H3,(H,25,27)/t11?,12-/m0/s1. The lowest BCUT2D eigenvalue weighted by Gasteiger charge is -2.33. The summed E-state index contributed by atoms with van der Waals surface area (Å²) < 4.78 is 43.9. The highest BCUT2D eigenvalue weighted by atomic mass is 19.4. The Labute approximate surface area is 168 Å². The molecule has 1 fully saturated rings. The maximum atomic E-state index is 12.9. The first kappa shape index (κ1) is 23.0. The number of hydrogen-bond donors (Lipinski definition) is 1. The molecule has 1 unspecified atom stereocenters. The normalized spacial score (nSPS) is 16.7. The van der Waals surface area contributed by atoms with Crippen LogP contribution in [0.15, 0.2) is 12.3 Å². The van der Waals surface area contributed by atoms with Crippen LogP contribution in [0.25, 0.3) is 0 Å². The number of amides is 2. The van der Waals surface area contributed by atoms with Gasteiger partial charge in [0.25, 0.3) is 5.91 Å². The van der Waals surface area contributed by atoms with Gasteiger partial charge in [0, 0.05) is 38.0 Å². The fourth-order valence-electron chi connectivity index (χ4n) is 2.84. The van der Waals surface area contributed by atoms with Gasteiger partial charge in [-0.15, -0.1) is 0 Å². The zero-order chi connectivity index (χ0) is 22.1. The molecule has 0 bridgehead atoms. The van der Waals surface area contributed by atoms with Crippen LogP contribution < -0.4 is 10.1 Å². The van der Waals surface area contributed by atoms with Crippen LogP contribution in [-0.4, -0.2) is 54.1 Å². The molecule has 1 aromatic rings. The van der Waals surface area contributed by atoms with Crippen molar-refractivity contribution in [1.29, 1.82) is 0 Å². The fourth-order valence-corrected chi connectivity index (χ4v) is 2.84. The van der Waals surface area contributed by atoms with Crippen molar-refractivity contribution in [3.8, 4) is 5.75 Å². The summed E-state index contributed by atoms with van der Waals surface area (Å²) in [5, 5.41) is 2.72. The molecule has 0 spiro atoms. The van der Waals surface area contributed by atoms with Gasteiger partial charge in [-0.25, -0.2) is 0 Å². The van der Waals surface area contributed by atoms with Crippen LogP contribution in [0, 0.1) is 5.41 Å². The van der Waals surface area contributed by atoms with Gasteiger partial charge in [-0.05, 0) is 46.5 Å². The molecule has 1 aromatic heterocycles. The summed E-state index contributed by atoms with van der Waals surface area (Å²) in [6.07, 6.45) is -3.42. The Morgan fingerprint density at radius 3 is 2.31 bits per heavy atom. The number of carbonyl (C=O) groups is 2. The van der Waals surface area contributed by atoms with E-state index < -0.39 is 29.6 Å². The number of halogens is 3. The van der Waals surface area contributed by atoms with E-state index in [1.54, 1.807) is 34.9 Å². The highest BCUT2D eigenvalue weighted by Crippen LogP contribution is 2.44. The van der Waals surface area contributed by atoms with Gasteiger partial charge >= 0.3 is 6.18 Å². The molecule has 2 rings (SSSR count). The molecule has 0 saturated heterocycles. The summed E-state index contributed by atoms with van der Waals surface area (Å²) >= 11 is 0. The predicted molar refractivity (Wildman–Crippen MR) is 102 cm³/mol. The Morgan fingerprint density at radius 2 is 1.83 bits per heavy atom. The maximum absolute atomic E-state index is 12.9. The van der Waals surface area contributed by atoms with Gasteiger partial charge < -0.3 is 15.0 Å². The number of aromatic nitrogens is 1. The summed E-state index contributed by atoms with van der Waals surface area (Å²) in [5.41, 5.74) is -0.357. The molecular formula is C20H28F3N3O3. The first-order chi connectivity index (χ1) is 13.2. The Balaban J connectivity index is 2.22. The van der Waals surface area contributed by atoms with Crippen molar-refractivity contribution in [1.82, 2.24) is 15.2 Å². The van der Waals surface area contributed by atoms with Crippen LogP contribution in [0.3, 0.4) is 0 Å². The van der Waals surface area contributed by atoms with Crippen molar-refractivity contribution in [2.24, 2.45) is 5.41 Å². The summed E-state index contributed by atoms with van der Waals surface area (Å²) in [6.45, 7) is 6.04. The second kappa shape index (κ2) is 8.20. The van der Waals surface area contributed by atoms with E-state index in [9.17, 15) is 22.8 Å². The summed E-state index contributed by atoms with van der Waals surface area (Å²) in [5.74, 6) is -0.617. The minimum Gasteiger partial charge on any atom is -0.481 e. The number of pyridine rings is 1. The molecule has 6 nitrogen and oxygen atoms in total. The third-order valence-corrected chi connectivity index (χ3v) is 5.30. The molecule has 1 saturated carbocycles. The van der Waals surface area contributed by atoms with E-state index in [1.807, 2.05) is 0 Å². The largest absolute Gasteiger partial charge is 0.481 e. The van der Waals surface area contributed by atoms with Gasteiger partial charge in [-0.3, -0.25) is 14.6 Å². The van der Waals surface area contributed by atoms with Crippen molar-refractivity contribution < 1.29 is 27.5 Å². The van der Waals surface area contributed by atoms with Crippen molar-refractivity contribution in [2.45, 2.75) is 64.8 Å². The number of rotatable bonds is 7. The number of nitrogens with zero attached hydrogens (tertiary/aromatic N) is 2. The highest BCUT2D eigenvalue weighted by molar-refractivity contribution is 5.93. The molecule has 2 amide bonds. The molecule has 9 heteroatoms. The molecule has 0 radical (unpaired) electrons. The minimum absolute atomic E-state index is 0.0220. The van der Waals surface area contributed by atoms with Crippen LogP contribution in [0.4, 0.5) is 13.2 Å². The number of ether oxygens (including phenoxy) is 1. The summed E-state index contributed by atoms with van der Waals surface area (Å²) in [7, 11) is 3.25. The van der Waals surface area contributed by atoms with Crippen molar-refractivity contribution in [3.05, 3.63) is 23.5 Å². The summed E-state index contributed by atoms with van der Waals surface area (Å²) in [4.78, 5) is 30.6. The molecule has 0 aromatic carbocycles. The van der Waals surface area contributed by atoms with E-state index in [0.29, 0.717) is 5.56 Å². The molecule has 1 aliphatic carbocycles. The number of alkyl halides is 3. The van der Waals surface area contributed by atoms with E-state index in [1.165, 1.54) is 17.2 Å². The average Bonchev–Trinajstić information content (AvgIpc) is 3.44. The highest BCUT2D eigenvalue weighted by Gasteiger charge is 2.40. The number of carbonyl (C=O) groups excluding carboxylic acids is 2. The zero-order valence-electron chi connectivity index (χ0n) is 17.6. The van der Waals surface area contributed by atoms with Crippen LogP contribution >= 0.6 is 0 Å². The third kappa shape index (κ3) is 5.39. The second-order valence-corrected chi connectivity index (χ2v) is 8.30. The SMILES string of the molecule is CC(NC(=O)c1cc(O[C@@H](C)C(F)(F)F)c(C2CC2)cn1)C(C)(C)C(=O)N(C)C. The average molecular weight is 415 g/mol. The zero-order valence-corrected chi connectivity index (χ0v) is 17.6. The Hall–Kier alpha value is -2.32. The Bertz CT molecular complexity index is 774. The Morgan fingerprint density at radius 1 is 1.24 bits per heavy atom. The number of nitrogens with one attached hydrogen (secondary N) is 1. The molecule has 1 aliphatic rings. The van der Waals surface area contributed by atoms with Gasteiger partial charge in [0.05, 0.1) is 5.41 Å². The van der Waals surface area contributed by atoms with Crippen LogP contribution in [-0.2, 0) is 4.79 Å². The van der Waals surface area contributed by atoms with Crippen LogP contribution in [0.2, 0.25) is 0 Å². The smallest absolute Gasteiger partial charge is 0.425 e. The molecule has 2 atom stereocenters. The minimum atomic E-state index is -4.52. The van der Waals surface area contributed by atoms with Crippen molar-refractivity contribution >= 4 is 11.8 Å². The van der Waals surface area contributed by atoms with E-state index in [-0.39, 0.29) is 23.3 Å². The van der Waals surface area contributed by atoms with Crippen molar-refractivity contribution in [3.63, 3.8) is 0 Å². The van der Waals surface area contributed by atoms with Gasteiger partial charge in [0.2, 0.25) is 5.91 Å². The predicted octanol–water partition coefficient (Wildman–Crippen LogP) is 3.52. The molecular weight excluding hydrogens is 387 g/mol. The fraction of sp³-hybridized carbons (Fsp3) is 0.650. The Kier molecular flexibility index (Phi) is 6.49. The maximum Gasteiger partial charge on any atom is 0.425 e. The first-order valence-electron chi connectivity index (χ1n) is 9.51. The number of hydrogen-bond acceptors (Lipinski definition) is 4. The van der Waals surface area contributed by atoms with Gasteiger partial charge in [0.15, 0.2) is 6.10 Å². The van der Waals surface area contributed by atoms with Gasteiger partial charge in [-0.2, -0.15) is 13.2 Å².